The van der Waals surface area contributed by atoms with E-state index in [9.17, 15) is 9.90 Å². The van der Waals surface area contributed by atoms with Gasteiger partial charge in [0.25, 0.3) is 0 Å². The van der Waals surface area contributed by atoms with Crippen molar-refractivity contribution in [3.8, 4) is 0 Å². The largest absolute Gasteiger partial charge is 0.468 e. The van der Waals surface area contributed by atoms with Crippen LogP contribution in [0.1, 0.15) is 29.5 Å². The van der Waals surface area contributed by atoms with Gasteiger partial charge in [0.1, 0.15) is 6.54 Å². The van der Waals surface area contributed by atoms with Crippen LogP contribution in [0.15, 0.2) is 54.7 Å². The van der Waals surface area contributed by atoms with Crippen LogP contribution in [0.3, 0.4) is 0 Å². The lowest BCUT2D eigenvalue weighted by molar-refractivity contribution is -0.141. The Balaban J connectivity index is 1.50. The number of likely N-dealkylation sites (tertiary alicyclic amines) is 1. The number of esters is 1. The van der Waals surface area contributed by atoms with E-state index in [0.29, 0.717) is 0 Å². The molecular formula is C24H28N2O3. The fourth-order valence-electron chi connectivity index (χ4n) is 4.33. The third kappa shape index (κ3) is 4.07. The van der Waals surface area contributed by atoms with Crippen molar-refractivity contribution in [2.45, 2.75) is 38.5 Å². The number of nitrogens with zero attached hydrogens (tertiary/aromatic N) is 2. The van der Waals surface area contributed by atoms with Crippen LogP contribution in [0.2, 0.25) is 0 Å². The number of aryl methyl sites for hydroxylation is 1. The second kappa shape index (κ2) is 8.01. The smallest absolute Gasteiger partial charge is 0.325 e. The highest BCUT2D eigenvalue weighted by Gasteiger charge is 2.34. The van der Waals surface area contributed by atoms with Gasteiger partial charge in [-0.1, -0.05) is 48.0 Å². The van der Waals surface area contributed by atoms with Crippen LogP contribution in [0.5, 0.6) is 0 Å². The molecule has 0 amide bonds. The van der Waals surface area contributed by atoms with Crippen molar-refractivity contribution >= 4 is 16.9 Å². The van der Waals surface area contributed by atoms with Gasteiger partial charge in [0, 0.05) is 36.7 Å². The SMILES string of the molecule is COC(=O)Cn1cc(CN2CCC(O)(c3cccc(C)c3)CC2)c2ccccc21. The number of benzene rings is 2. The first kappa shape index (κ1) is 19.7. The van der Waals surface area contributed by atoms with Gasteiger partial charge in [-0.05, 0) is 37.0 Å². The number of hydrogen-bond donors (Lipinski definition) is 1. The van der Waals surface area contributed by atoms with Crippen LogP contribution >= 0.6 is 0 Å². The number of fused-ring (bicyclic) bond motifs is 1. The number of para-hydroxylation sites is 1. The molecule has 1 N–H and O–H groups in total. The maximum atomic E-state index is 11.8. The summed E-state index contributed by atoms with van der Waals surface area (Å²) in [5.41, 5.74) is 3.69. The highest BCUT2D eigenvalue weighted by molar-refractivity contribution is 5.85. The zero-order valence-electron chi connectivity index (χ0n) is 17.1. The summed E-state index contributed by atoms with van der Waals surface area (Å²) in [4.78, 5) is 14.2. The molecule has 1 aliphatic rings. The molecule has 1 saturated heterocycles. The van der Waals surface area contributed by atoms with E-state index in [1.807, 2.05) is 34.9 Å². The third-order valence-corrected chi connectivity index (χ3v) is 6.03. The summed E-state index contributed by atoms with van der Waals surface area (Å²) in [6, 6.07) is 16.4. The Kier molecular flexibility index (Phi) is 5.43. The average molecular weight is 392 g/mol. The normalized spacial score (nSPS) is 16.8. The number of rotatable bonds is 5. The molecule has 0 radical (unpaired) electrons. The number of aromatic nitrogens is 1. The number of methoxy groups -OCH3 is 1. The van der Waals surface area contributed by atoms with Gasteiger partial charge < -0.3 is 14.4 Å². The molecule has 2 heterocycles. The van der Waals surface area contributed by atoms with Crippen LogP contribution in [-0.2, 0) is 28.2 Å². The minimum absolute atomic E-state index is 0.212. The van der Waals surface area contributed by atoms with Crippen LogP contribution in [0, 0.1) is 6.92 Å². The molecule has 0 aliphatic carbocycles. The number of carbonyl (C=O) groups excluding carboxylic acids is 1. The summed E-state index contributed by atoms with van der Waals surface area (Å²) in [6.07, 6.45) is 3.50. The summed E-state index contributed by atoms with van der Waals surface area (Å²) >= 11 is 0. The van der Waals surface area contributed by atoms with Crippen molar-refractivity contribution in [3.63, 3.8) is 0 Å². The van der Waals surface area contributed by atoms with Gasteiger partial charge in [-0.25, -0.2) is 0 Å². The molecule has 29 heavy (non-hydrogen) atoms. The molecule has 5 heteroatoms. The Labute approximate surface area is 171 Å². The molecule has 4 rings (SSSR count). The number of carbonyl (C=O) groups is 1. The number of aliphatic hydroxyl groups is 1. The zero-order chi connectivity index (χ0) is 20.4. The van der Waals surface area contributed by atoms with Gasteiger partial charge in [0.15, 0.2) is 0 Å². The average Bonchev–Trinajstić information content (AvgIpc) is 3.07. The van der Waals surface area contributed by atoms with E-state index in [-0.39, 0.29) is 12.5 Å². The van der Waals surface area contributed by atoms with E-state index in [2.05, 4.69) is 36.2 Å². The Morgan fingerprint density at radius 3 is 2.62 bits per heavy atom. The number of piperidine rings is 1. The minimum atomic E-state index is -0.749. The van der Waals surface area contributed by atoms with E-state index in [1.54, 1.807) is 0 Å². The van der Waals surface area contributed by atoms with Crippen molar-refractivity contribution in [2.24, 2.45) is 0 Å². The van der Waals surface area contributed by atoms with E-state index in [0.717, 1.165) is 48.9 Å². The number of hydrogen-bond acceptors (Lipinski definition) is 4. The predicted molar refractivity (Wildman–Crippen MR) is 114 cm³/mol. The molecule has 0 unspecified atom stereocenters. The number of ether oxygens (including phenoxy) is 1. The van der Waals surface area contributed by atoms with E-state index < -0.39 is 5.60 Å². The topological polar surface area (TPSA) is 54.7 Å². The molecule has 0 bridgehead atoms. The maximum absolute atomic E-state index is 11.8. The summed E-state index contributed by atoms with van der Waals surface area (Å²) < 4.78 is 6.80. The highest BCUT2D eigenvalue weighted by Crippen LogP contribution is 2.34. The van der Waals surface area contributed by atoms with E-state index in [4.69, 9.17) is 4.74 Å². The molecule has 1 fully saturated rings. The lowest BCUT2D eigenvalue weighted by Gasteiger charge is -2.38. The third-order valence-electron chi connectivity index (χ3n) is 6.03. The molecule has 1 aliphatic heterocycles. The van der Waals surface area contributed by atoms with Gasteiger partial charge in [-0.2, -0.15) is 0 Å². The molecular weight excluding hydrogens is 364 g/mol. The highest BCUT2D eigenvalue weighted by atomic mass is 16.5. The quantitative estimate of drug-likeness (QED) is 0.674. The molecule has 5 nitrogen and oxygen atoms in total. The molecule has 0 atom stereocenters. The van der Waals surface area contributed by atoms with Crippen LogP contribution in [0.4, 0.5) is 0 Å². The van der Waals surface area contributed by atoms with Gasteiger partial charge in [-0.3, -0.25) is 9.69 Å². The standard InChI is InChI=1S/C24H28N2O3/c1-18-6-5-7-20(14-18)24(28)10-12-25(13-11-24)15-19-16-26(17-23(27)29-2)22-9-4-3-8-21(19)22/h3-9,14,16,28H,10-13,15,17H2,1-2H3. The second-order valence-electron chi connectivity index (χ2n) is 8.05. The molecule has 2 aromatic carbocycles. The van der Waals surface area contributed by atoms with Crippen molar-refractivity contribution in [1.29, 1.82) is 0 Å². The molecule has 0 saturated carbocycles. The Hall–Kier alpha value is -2.63. The Bertz CT molecular complexity index is 1020. The first-order valence-corrected chi connectivity index (χ1v) is 10.1. The van der Waals surface area contributed by atoms with Crippen LogP contribution < -0.4 is 0 Å². The van der Waals surface area contributed by atoms with E-state index in [1.165, 1.54) is 18.2 Å². The van der Waals surface area contributed by atoms with Crippen molar-refractivity contribution in [2.75, 3.05) is 20.2 Å². The fraction of sp³-hybridized carbons (Fsp3) is 0.375. The first-order valence-electron chi connectivity index (χ1n) is 10.1. The van der Waals surface area contributed by atoms with Gasteiger partial charge >= 0.3 is 5.97 Å². The second-order valence-corrected chi connectivity index (χ2v) is 8.05. The predicted octanol–water partition coefficient (Wildman–Crippen LogP) is 3.61. The van der Waals surface area contributed by atoms with Crippen molar-refractivity contribution in [3.05, 3.63) is 71.4 Å². The molecule has 152 valence electrons. The lowest BCUT2D eigenvalue weighted by Crippen LogP contribution is -2.42. The van der Waals surface area contributed by atoms with Crippen LogP contribution in [0.25, 0.3) is 10.9 Å². The van der Waals surface area contributed by atoms with Crippen molar-refractivity contribution in [1.82, 2.24) is 9.47 Å². The maximum Gasteiger partial charge on any atom is 0.325 e. The summed E-state index contributed by atoms with van der Waals surface area (Å²) in [7, 11) is 1.41. The molecule has 1 aromatic heterocycles. The summed E-state index contributed by atoms with van der Waals surface area (Å²) in [6.45, 7) is 4.75. The van der Waals surface area contributed by atoms with E-state index >= 15 is 0 Å². The van der Waals surface area contributed by atoms with Gasteiger partial charge in [0.05, 0.1) is 12.7 Å². The van der Waals surface area contributed by atoms with Gasteiger partial charge in [0.2, 0.25) is 0 Å². The summed E-state index contributed by atoms with van der Waals surface area (Å²) in [5.74, 6) is -0.251. The molecule has 3 aromatic rings. The zero-order valence-corrected chi connectivity index (χ0v) is 17.1. The minimum Gasteiger partial charge on any atom is -0.468 e. The fourth-order valence-corrected chi connectivity index (χ4v) is 4.33. The Morgan fingerprint density at radius 1 is 1.14 bits per heavy atom. The van der Waals surface area contributed by atoms with Gasteiger partial charge in [-0.15, -0.1) is 0 Å². The molecule has 0 spiro atoms. The Morgan fingerprint density at radius 2 is 1.90 bits per heavy atom. The lowest BCUT2D eigenvalue weighted by atomic mass is 9.84. The van der Waals surface area contributed by atoms with Crippen molar-refractivity contribution < 1.29 is 14.6 Å². The first-order chi connectivity index (χ1) is 14.0. The monoisotopic (exact) mass is 392 g/mol. The van der Waals surface area contributed by atoms with Crippen LogP contribution in [-0.4, -0.2) is 40.7 Å². The summed E-state index contributed by atoms with van der Waals surface area (Å²) in [5, 5.41) is 12.3.